The molecule has 4 heterocycles. The van der Waals surface area contributed by atoms with E-state index in [1.807, 2.05) is 0 Å². The Labute approximate surface area is 241 Å². The van der Waals surface area contributed by atoms with Crippen LogP contribution in [0.25, 0.3) is 11.0 Å². The van der Waals surface area contributed by atoms with Crippen LogP contribution >= 0.6 is 12.4 Å². The maximum Gasteiger partial charge on any atom is 0.302 e. The Morgan fingerprint density at radius 1 is 1.24 bits per heavy atom. The standard InChI is InChI=1S/C28H33F3N6O3.ClH/c1-16(19-5-4-6-22(24(19)29)28(30,31)23-14-32-9-12-40-23)35-25-21-13-20(18-7-10-37(11-8-18)17(2)38)27(39)36(3)26(21)34-15-33-25;/h4-6,13,15-16,18,23,32H,7-12,14H2,1-3H3,(H,33,34,35);1H/t16-,23?;/m1./s1. The fourth-order valence-corrected chi connectivity index (χ4v) is 5.60. The predicted molar refractivity (Wildman–Crippen MR) is 151 cm³/mol. The molecule has 2 aliphatic rings. The van der Waals surface area contributed by atoms with E-state index in [4.69, 9.17) is 4.74 Å². The summed E-state index contributed by atoms with van der Waals surface area (Å²) in [5, 5.41) is 6.58. The van der Waals surface area contributed by atoms with Crippen molar-refractivity contribution in [2.75, 3.05) is 38.1 Å². The fraction of sp³-hybridized carbons (Fsp3) is 0.500. The zero-order valence-corrected chi connectivity index (χ0v) is 23.9. The highest BCUT2D eigenvalue weighted by atomic mass is 35.5. The summed E-state index contributed by atoms with van der Waals surface area (Å²) in [6, 6.07) is 4.97. The van der Waals surface area contributed by atoms with E-state index in [1.165, 1.54) is 30.0 Å². The number of hydrogen-bond acceptors (Lipinski definition) is 7. The highest BCUT2D eigenvalue weighted by Gasteiger charge is 2.45. The molecule has 0 aliphatic carbocycles. The number of anilines is 1. The number of pyridine rings is 1. The number of aryl methyl sites for hydroxylation is 1. The molecule has 0 radical (unpaired) electrons. The lowest BCUT2D eigenvalue weighted by Gasteiger charge is -2.31. The minimum absolute atomic E-state index is 0. The zero-order valence-electron chi connectivity index (χ0n) is 23.1. The highest BCUT2D eigenvalue weighted by molar-refractivity contribution is 5.87. The first-order chi connectivity index (χ1) is 19.1. The molecule has 13 heteroatoms. The Morgan fingerprint density at radius 2 is 1.98 bits per heavy atom. The molecule has 222 valence electrons. The van der Waals surface area contributed by atoms with Crippen LogP contribution in [0, 0.1) is 5.82 Å². The molecular formula is C28H34ClF3N6O3. The third-order valence-electron chi connectivity index (χ3n) is 7.95. The number of morpholine rings is 1. The highest BCUT2D eigenvalue weighted by Crippen LogP contribution is 2.38. The van der Waals surface area contributed by atoms with Crippen LogP contribution in [0.4, 0.5) is 19.0 Å². The molecule has 3 aromatic rings. The first-order valence-electron chi connectivity index (χ1n) is 13.4. The van der Waals surface area contributed by atoms with E-state index in [0.29, 0.717) is 54.9 Å². The number of hydrogen-bond donors (Lipinski definition) is 2. The van der Waals surface area contributed by atoms with Gasteiger partial charge in [-0.05, 0) is 37.8 Å². The monoisotopic (exact) mass is 594 g/mol. The Balaban J connectivity index is 0.00000387. The zero-order chi connectivity index (χ0) is 28.6. The average Bonchev–Trinajstić information content (AvgIpc) is 2.95. The van der Waals surface area contributed by atoms with Crippen LogP contribution in [0.15, 0.2) is 35.4 Å². The van der Waals surface area contributed by atoms with Gasteiger partial charge in [-0.15, -0.1) is 12.4 Å². The molecule has 1 aromatic carbocycles. The quantitative estimate of drug-likeness (QED) is 0.447. The third kappa shape index (κ3) is 5.91. The van der Waals surface area contributed by atoms with Crippen molar-refractivity contribution in [2.45, 2.75) is 50.7 Å². The normalized spacial score (nSPS) is 19.1. The lowest BCUT2D eigenvalue weighted by molar-refractivity contribution is -0.153. The number of alkyl halides is 2. The summed E-state index contributed by atoms with van der Waals surface area (Å²) in [7, 11) is 1.63. The van der Waals surface area contributed by atoms with Gasteiger partial charge in [-0.2, -0.15) is 8.78 Å². The Hall–Kier alpha value is -3.22. The van der Waals surface area contributed by atoms with Gasteiger partial charge in [-0.1, -0.05) is 12.1 Å². The molecule has 0 spiro atoms. The van der Waals surface area contributed by atoms with Crippen LogP contribution in [0.2, 0.25) is 0 Å². The number of aromatic nitrogens is 3. The van der Waals surface area contributed by atoms with Gasteiger partial charge in [0, 0.05) is 51.3 Å². The smallest absolute Gasteiger partial charge is 0.302 e. The van der Waals surface area contributed by atoms with Gasteiger partial charge < -0.3 is 20.3 Å². The van der Waals surface area contributed by atoms with Crippen molar-refractivity contribution in [1.82, 2.24) is 24.8 Å². The second kappa shape index (κ2) is 12.3. The number of carbonyl (C=O) groups excluding carboxylic acids is 1. The lowest BCUT2D eigenvalue weighted by atomic mass is 9.89. The molecule has 1 amide bonds. The van der Waals surface area contributed by atoms with Gasteiger partial charge in [-0.25, -0.2) is 14.4 Å². The maximum atomic E-state index is 15.6. The molecule has 41 heavy (non-hydrogen) atoms. The van der Waals surface area contributed by atoms with E-state index in [9.17, 15) is 9.59 Å². The van der Waals surface area contributed by atoms with Crippen LogP contribution < -0.4 is 16.2 Å². The molecule has 0 saturated carbocycles. The van der Waals surface area contributed by atoms with Crippen molar-refractivity contribution >= 4 is 35.2 Å². The molecule has 2 N–H and O–H groups in total. The van der Waals surface area contributed by atoms with Gasteiger partial charge in [0.2, 0.25) is 5.91 Å². The first-order valence-corrected chi connectivity index (χ1v) is 13.4. The summed E-state index contributed by atoms with van der Waals surface area (Å²) in [4.78, 5) is 35.4. The van der Waals surface area contributed by atoms with Crippen LogP contribution in [0.1, 0.15) is 55.3 Å². The molecule has 0 bridgehead atoms. The van der Waals surface area contributed by atoms with E-state index in [0.717, 1.165) is 6.07 Å². The maximum absolute atomic E-state index is 15.6. The summed E-state index contributed by atoms with van der Waals surface area (Å²) in [5.41, 5.74) is 0.141. The van der Waals surface area contributed by atoms with E-state index >= 15 is 13.2 Å². The topological polar surface area (TPSA) is 101 Å². The molecule has 2 atom stereocenters. The number of likely N-dealkylation sites (tertiary alicyclic amines) is 1. The second-order valence-electron chi connectivity index (χ2n) is 10.5. The van der Waals surface area contributed by atoms with Gasteiger partial charge in [0.05, 0.1) is 23.6 Å². The first kappa shape index (κ1) is 30.7. The van der Waals surface area contributed by atoms with Crippen molar-refractivity contribution in [3.63, 3.8) is 0 Å². The Kier molecular flexibility index (Phi) is 9.25. The summed E-state index contributed by atoms with van der Waals surface area (Å²) in [5.74, 6) is -4.22. The number of piperidine rings is 1. The number of amides is 1. The van der Waals surface area contributed by atoms with E-state index in [-0.39, 0.29) is 48.5 Å². The summed E-state index contributed by atoms with van der Waals surface area (Å²) < 4.78 is 52.8. The van der Waals surface area contributed by atoms with Gasteiger partial charge in [0.15, 0.2) is 0 Å². The largest absolute Gasteiger partial charge is 0.369 e. The Morgan fingerprint density at radius 3 is 2.63 bits per heavy atom. The molecule has 9 nitrogen and oxygen atoms in total. The van der Waals surface area contributed by atoms with Gasteiger partial charge >= 0.3 is 5.92 Å². The molecular weight excluding hydrogens is 561 g/mol. The third-order valence-corrected chi connectivity index (χ3v) is 7.95. The number of carbonyl (C=O) groups is 1. The second-order valence-corrected chi connectivity index (χ2v) is 10.5. The number of benzene rings is 1. The molecule has 1 unspecified atom stereocenters. The lowest BCUT2D eigenvalue weighted by Crippen LogP contribution is -2.47. The predicted octanol–water partition coefficient (Wildman–Crippen LogP) is 3.87. The number of nitrogens with one attached hydrogen (secondary N) is 2. The number of nitrogens with zero attached hydrogens (tertiary/aromatic N) is 4. The van der Waals surface area contributed by atoms with Crippen LogP contribution in [-0.2, 0) is 22.5 Å². The molecule has 2 fully saturated rings. The van der Waals surface area contributed by atoms with Crippen LogP contribution in [0.3, 0.4) is 0 Å². The van der Waals surface area contributed by atoms with E-state index in [2.05, 4.69) is 20.6 Å². The summed E-state index contributed by atoms with van der Waals surface area (Å²) >= 11 is 0. The number of halogens is 4. The van der Waals surface area contributed by atoms with Gasteiger partial charge in [-0.3, -0.25) is 14.2 Å². The molecule has 2 aromatic heterocycles. The number of ether oxygens (including phenoxy) is 1. The van der Waals surface area contributed by atoms with Crippen molar-refractivity contribution in [1.29, 1.82) is 0 Å². The van der Waals surface area contributed by atoms with Gasteiger partial charge in [0.1, 0.15) is 29.7 Å². The van der Waals surface area contributed by atoms with Crippen molar-refractivity contribution in [3.8, 4) is 0 Å². The van der Waals surface area contributed by atoms with Crippen LogP contribution in [0.5, 0.6) is 0 Å². The molecule has 2 saturated heterocycles. The van der Waals surface area contributed by atoms with E-state index < -0.39 is 29.4 Å². The van der Waals surface area contributed by atoms with Crippen LogP contribution in [-0.4, -0.2) is 64.2 Å². The summed E-state index contributed by atoms with van der Waals surface area (Å²) in [6.07, 6.45) is 1.14. The number of rotatable bonds is 6. The fourth-order valence-electron chi connectivity index (χ4n) is 5.60. The van der Waals surface area contributed by atoms with E-state index in [1.54, 1.807) is 24.9 Å². The van der Waals surface area contributed by atoms with Crippen molar-refractivity contribution < 1.29 is 22.7 Å². The molecule has 5 rings (SSSR count). The Bertz CT molecular complexity index is 1470. The average molecular weight is 595 g/mol. The minimum Gasteiger partial charge on any atom is -0.369 e. The molecule has 2 aliphatic heterocycles. The van der Waals surface area contributed by atoms with Crippen molar-refractivity contribution in [3.05, 3.63) is 63.5 Å². The SMILES string of the molecule is CC(=O)N1CCC(c2cc3c(N[C@H](C)c4cccc(C(F)(F)C5CNCCO5)c4F)ncnc3n(C)c2=O)CC1.Cl. The van der Waals surface area contributed by atoms with Crippen molar-refractivity contribution in [2.24, 2.45) is 7.05 Å². The van der Waals surface area contributed by atoms with Gasteiger partial charge in [0.25, 0.3) is 5.56 Å². The number of fused-ring (bicyclic) bond motifs is 1. The minimum atomic E-state index is -3.53. The summed E-state index contributed by atoms with van der Waals surface area (Å²) in [6.45, 7) is 4.84.